The fourth-order valence-electron chi connectivity index (χ4n) is 4.51. The Morgan fingerprint density at radius 3 is 2.53 bits per heavy atom. The summed E-state index contributed by atoms with van der Waals surface area (Å²) >= 11 is 0. The molecule has 0 spiro atoms. The first-order valence-corrected chi connectivity index (χ1v) is 10.4. The van der Waals surface area contributed by atoms with Crippen LogP contribution in [-0.2, 0) is 11.3 Å². The van der Waals surface area contributed by atoms with Gasteiger partial charge in [0.25, 0.3) is 11.5 Å². The topological polar surface area (TPSA) is 84.3 Å². The summed E-state index contributed by atoms with van der Waals surface area (Å²) in [7, 11) is 0. The fraction of sp³-hybridized carbons (Fsp3) is 0.478. The van der Waals surface area contributed by atoms with Gasteiger partial charge in [0.2, 0.25) is 5.91 Å². The van der Waals surface area contributed by atoms with Gasteiger partial charge in [0.1, 0.15) is 5.69 Å². The van der Waals surface area contributed by atoms with Gasteiger partial charge in [-0.25, -0.2) is 0 Å². The number of piperidine rings is 1. The monoisotopic (exact) mass is 408 g/mol. The zero-order valence-electron chi connectivity index (χ0n) is 17.7. The first kappa shape index (κ1) is 20.3. The Balaban J connectivity index is 1.54. The average Bonchev–Trinajstić information content (AvgIpc) is 2.69. The summed E-state index contributed by atoms with van der Waals surface area (Å²) in [5, 5.41) is 2.73. The summed E-state index contributed by atoms with van der Waals surface area (Å²) in [4.78, 5) is 44.1. The fourth-order valence-corrected chi connectivity index (χ4v) is 4.51. The number of carbonyl (C=O) groups is 2. The summed E-state index contributed by atoms with van der Waals surface area (Å²) in [5.74, 6) is 0.266. The second-order valence-corrected chi connectivity index (χ2v) is 9.61. The zero-order valence-corrected chi connectivity index (χ0v) is 17.7. The Morgan fingerprint density at radius 2 is 1.83 bits per heavy atom. The molecule has 2 aromatic rings. The van der Waals surface area contributed by atoms with E-state index in [9.17, 15) is 14.4 Å². The second-order valence-electron chi connectivity index (χ2n) is 9.61. The van der Waals surface area contributed by atoms with E-state index in [2.05, 4.69) is 31.1 Å². The number of rotatable bonds is 3. The Kier molecular flexibility index (Phi) is 5.22. The van der Waals surface area contributed by atoms with E-state index in [-0.39, 0.29) is 40.3 Å². The normalized spacial score (nSPS) is 20.4. The van der Waals surface area contributed by atoms with Crippen LogP contribution in [0.15, 0.2) is 41.5 Å². The van der Waals surface area contributed by atoms with Crippen molar-refractivity contribution in [2.45, 2.75) is 46.1 Å². The Bertz CT molecular complexity index is 1020. The first-order chi connectivity index (χ1) is 14.2. The number of pyridine rings is 2. The number of fused-ring (bicyclic) bond motifs is 4. The van der Waals surface area contributed by atoms with Crippen LogP contribution in [0.4, 0.5) is 5.69 Å². The predicted molar refractivity (Wildman–Crippen MR) is 114 cm³/mol. The zero-order chi connectivity index (χ0) is 21.5. The van der Waals surface area contributed by atoms with E-state index in [4.69, 9.17) is 0 Å². The van der Waals surface area contributed by atoms with Crippen molar-refractivity contribution in [1.82, 2.24) is 14.5 Å². The SMILES string of the molecule is CC(C)(C)CC(=O)N1CC2CC(C1)c1ccc(NC(=O)c3ccncc3)c(=O)n1C2. The van der Waals surface area contributed by atoms with Crippen molar-refractivity contribution in [2.75, 3.05) is 18.4 Å². The lowest BCUT2D eigenvalue weighted by atomic mass is 9.82. The van der Waals surface area contributed by atoms with E-state index in [1.807, 2.05) is 11.0 Å². The Hall–Kier alpha value is -2.96. The molecule has 1 fully saturated rings. The highest BCUT2D eigenvalue weighted by Crippen LogP contribution is 2.36. The molecule has 0 radical (unpaired) electrons. The van der Waals surface area contributed by atoms with Gasteiger partial charge >= 0.3 is 0 Å². The van der Waals surface area contributed by atoms with Gasteiger partial charge in [0, 0.05) is 55.6 Å². The molecule has 4 rings (SSSR count). The molecule has 2 bridgehead atoms. The van der Waals surface area contributed by atoms with Crippen molar-refractivity contribution in [1.29, 1.82) is 0 Å². The van der Waals surface area contributed by atoms with Crippen LogP contribution >= 0.6 is 0 Å². The Labute approximate surface area is 176 Å². The quantitative estimate of drug-likeness (QED) is 0.846. The number of anilines is 1. The maximum Gasteiger partial charge on any atom is 0.274 e. The molecule has 158 valence electrons. The van der Waals surface area contributed by atoms with Crippen LogP contribution in [0.25, 0.3) is 0 Å². The van der Waals surface area contributed by atoms with Crippen LogP contribution in [0.3, 0.4) is 0 Å². The van der Waals surface area contributed by atoms with E-state index < -0.39 is 0 Å². The largest absolute Gasteiger partial charge is 0.342 e. The van der Waals surface area contributed by atoms with Crippen molar-refractivity contribution >= 4 is 17.5 Å². The van der Waals surface area contributed by atoms with Gasteiger partial charge in [0.05, 0.1) is 0 Å². The molecule has 0 aromatic carbocycles. The van der Waals surface area contributed by atoms with E-state index >= 15 is 0 Å². The third kappa shape index (κ3) is 4.15. The minimum Gasteiger partial charge on any atom is -0.342 e. The molecule has 0 saturated carbocycles. The highest BCUT2D eigenvalue weighted by Gasteiger charge is 2.37. The Morgan fingerprint density at radius 1 is 1.10 bits per heavy atom. The molecule has 2 amide bonds. The molecule has 2 atom stereocenters. The molecule has 1 N–H and O–H groups in total. The number of likely N-dealkylation sites (tertiary alicyclic amines) is 1. The van der Waals surface area contributed by atoms with Crippen molar-refractivity contribution in [3.63, 3.8) is 0 Å². The summed E-state index contributed by atoms with van der Waals surface area (Å²) in [5.41, 5.74) is 1.46. The summed E-state index contributed by atoms with van der Waals surface area (Å²) < 4.78 is 1.78. The molecule has 2 aliphatic rings. The molecule has 7 nitrogen and oxygen atoms in total. The first-order valence-electron chi connectivity index (χ1n) is 10.4. The van der Waals surface area contributed by atoms with Gasteiger partial charge < -0.3 is 14.8 Å². The van der Waals surface area contributed by atoms with Crippen molar-refractivity contribution in [3.05, 3.63) is 58.3 Å². The van der Waals surface area contributed by atoms with Crippen LogP contribution in [-0.4, -0.2) is 39.4 Å². The van der Waals surface area contributed by atoms with E-state index in [1.165, 1.54) is 0 Å². The molecule has 2 unspecified atom stereocenters. The molecule has 30 heavy (non-hydrogen) atoms. The number of carbonyl (C=O) groups excluding carboxylic acids is 2. The van der Waals surface area contributed by atoms with Crippen LogP contribution < -0.4 is 10.9 Å². The molecule has 0 aliphatic carbocycles. The highest BCUT2D eigenvalue weighted by atomic mass is 16.2. The smallest absolute Gasteiger partial charge is 0.274 e. The molecular formula is C23H28N4O3. The number of nitrogens with zero attached hydrogens (tertiary/aromatic N) is 3. The number of hydrogen-bond acceptors (Lipinski definition) is 4. The third-order valence-corrected chi connectivity index (χ3v) is 5.83. The molecule has 4 heterocycles. The van der Waals surface area contributed by atoms with Crippen LogP contribution in [0, 0.1) is 11.3 Å². The number of nitrogens with one attached hydrogen (secondary N) is 1. The van der Waals surface area contributed by atoms with Gasteiger partial charge in [0.15, 0.2) is 0 Å². The lowest BCUT2D eigenvalue weighted by Crippen LogP contribution is -2.49. The van der Waals surface area contributed by atoms with Gasteiger partial charge in [-0.15, -0.1) is 0 Å². The molecule has 1 saturated heterocycles. The van der Waals surface area contributed by atoms with E-state index in [0.29, 0.717) is 31.6 Å². The number of hydrogen-bond donors (Lipinski definition) is 1. The average molecular weight is 409 g/mol. The van der Waals surface area contributed by atoms with Gasteiger partial charge in [-0.3, -0.25) is 19.4 Å². The number of amides is 2. The standard InChI is InChI=1S/C23H28N4O3/c1-23(2,3)11-20(28)26-12-15-10-17(14-26)19-5-4-18(22(30)27(19)13-15)25-21(29)16-6-8-24-9-7-16/h4-9,15,17H,10-14H2,1-3H3,(H,25,29). The summed E-state index contributed by atoms with van der Waals surface area (Å²) in [6.45, 7) is 8.13. The van der Waals surface area contributed by atoms with Crippen molar-refractivity contribution in [3.8, 4) is 0 Å². The number of aromatic nitrogens is 2. The predicted octanol–water partition coefficient (Wildman–Crippen LogP) is 2.88. The van der Waals surface area contributed by atoms with Gasteiger partial charge in [-0.1, -0.05) is 20.8 Å². The molecule has 2 aliphatic heterocycles. The molecule has 7 heteroatoms. The maximum atomic E-state index is 13.1. The second kappa shape index (κ2) is 7.70. The van der Waals surface area contributed by atoms with Crippen LogP contribution in [0.1, 0.15) is 55.6 Å². The maximum absolute atomic E-state index is 13.1. The van der Waals surface area contributed by atoms with Gasteiger partial charge in [-0.05, 0) is 42.0 Å². The molecule has 2 aromatic heterocycles. The van der Waals surface area contributed by atoms with Crippen molar-refractivity contribution in [2.24, 2.45) is 11.3 Å². The third-order valence-electron chi connectivity index (χ3n) is 5.83. The van der Waals surface area contributed by atoms with E-state index in [1.54, 1.807) is 35.2 Å². The van der Waals surface area contributed by atoms with Crippen LogP contribution in [0.5, 0.6) is 0 Å². The van der Waals surface area contributed by atoms with E-state index in [0.717, 1.165) is 12.1 Å². The summed E-state index contributed by atoms with van der Waals surface area (Å²) in [6, 6.07) is 6.82. The van der Waals surface area contributed by atoms with Gasteiger partial charge in [-0.2, -0.15) is 0 Å². The highest BCUT2D eigenvalue weighted by molar-refractivity contribution is 6.04. The minimum atomic E-state index is -0.329. The van der Waals surface area contributed by atoms with Crippen LogP contribution in [0.2, 0.25) is 0 Å². The molecular weight excluding hydrogens is 380 g/mol. The van der Waals surface area contributed by atoms with Crippen molar-refractivity contribution < 1.29 is 9.59 Å². The lowest BCUT2D eigenvalue weighted by molar-refractivity contribution is -0.135. The summed E-state index contributed by atoms with van der Waals surface area (Å²) in [6.07, 6.45) is 4.60. The lowest BCUT2D eigenvalue weighted by Gasteiger charge is -2.43. The minimum absolute atomic E-state index is 0.0413.